The van der Waals surface area contributed by atoms with E-state index in [0.717, 1.165) is 39.4 Å². The predicted molar refractivity (Wildman–Crippen MR) is 262 cm³/mol. The molecule has 9 aromatic carbocycles. The molecule has 0 radical (unpaired) electrons. The maximum Gasteiger partial charge on any atom is 0.0725 e. The summed E-state index contributed by atoms with van der Waals surface area (Å²) in [5, 5.41) is 4.87. The average Bonchev–Trinajstić information content (AvgIpc) is 3.92. The molecule has 0 saturated heterocycles. The summed E-state index contributed by atoms with van der Waals surface area (Å²) in [6, 6.07) is 74.4. The molecule has 0 N–H and O–H groups in total. The van der Waals surface area contributed by atoms with E-state index in [-0.39, 0.29) is 0 Å². The van der Waals surface area contributed by atoms with E-state index in [1.807, 2.05) is 6.08 Å². The van der Waals surface area contributed by atoms with Gasteiger partial charge < -0.3 is 9.47 Å². The molecular weight excluding hydrogens is 749 g/mol. The van der Waals surface area contributed by atoms with Crippen LogP contribution in [0.4, 0.5) is 17.1 Å². The van der Waals surface area contributed by atoms with Gasteiger partial charge in [0.25, 0.3) is 0 Å². The maximum atomic E-state index is 3.98. The Morgan fingerprint density at radius 2 is 1.10 bits per heavy atom. The third kappa shape index (κ3) is 5.10. The first-order valence-electron chi connectivity index (χ1n) is 21.5. The summed E-state index contributed by atoms with van der Waals surface area (Å²) >= 11 is 0. The normalized spacial score (nSPS) is 13.5. The van der Waals surface area contributed by atoms with E-state index < -0.39 is 5.41 Å². The topological polar surface area (TPSA) is 8.17 Å². The quantitative estimate of drug-likeness (QED) is 0.146. The van der Waals surface area contributed by atoms with Crippen LogP contribution in [0.25, 0.3) is 66.1 Å². The first-order valence-corrected chi connectivity index (χ1v) is 21.5. The van der Waals surface area contributed by atoms with E-state index >= 15 is 0 Å². The minimum Gasteiger partial charge on any atom is -0.310 e. The number of para-hydroxylation sites is 1. The van der Waals surface area contributed by atoms with Crippen molar-refractivity contribution in [2.24, 2.45) is 0 Å². The lowest BCUT2D eigenvalue weighted by molar-refractivity contribution is 0.795. The lowest BCUT2D eigenvalue weighted by atomic mass is 9.70. The molecule has 2 heteroatoms. The van der Waals surface area contributed by atoms with Crippen molar-refractivity contribution < 1.29 is 0 Å². The molecule has 10 aromatic rings. The van der Waals surface area contributed by atoms with Crippen LogP contribution < -0.4 is 4.90 Å². The number of fused-ring (bicyclic) bond motifs is 14. The number of rotatable bonds is 7. The molecule has 1 spiro atoms. The van der Waals surface area contributed by atoms with Gasteiger partial charge in [-0.15, -0.1) is 0 Å². The zero-order chi connectivity index (χ0) is 41.4. The molecule has 2 aliphatic rings. The van der Waals surface area contributed by atoms with Crippen LogP contribution in [-0.2, 0) is 5.41 Å². The van der Waals surface area contributed by atoms with Crippen LogP contribution in [0, 0.1) is 0 Å². The summed E-state index contributed by atoms with van der Waals surface area (Å²) < 4.78 is 2.48. The van der Waals surface area contributed by atoms with Crippen molar-refractivity contribution in [3.05, 3.63) is 259 Å². The molecule has 0 amide bonds. The highest BCUT2D eigenvalue weighted by Crippen LogP contribution is 2.63. The fourth-order valence-electron chi connectivity index (χ4n) is 10.8. The zero-order valence-electron chi connectivity index (χ0n) is 34.5. The molecule has 1 aromatic heterocycles. The smallest absolute Gasteiger partial charge is 0.0725 e. The number of nitrogens with zero attached hydrogens (tertiary/aromatic N) is 2. The maximum absolute atomic E-state index is 3.98. The number of allylic oxidation sites excluding steroid dienone is 5. The molecule has 292 valence electrons. The Labute approximate surface area is 362 Å². The van der Waals surface area contributed by atoms with Crippen LogP contribution in [0.15, 0.2) is 231 Å². The summed E-state index contributed by atoms with van der Waals surface area (Å²) in [6.45, 7) is 6.03. The SMILES string of the molecule is C=C/C=C(\C=C/C)c1ccc(N(c2ccc3c4cc5c(cc4n(-c4ccccc4)c3c2)-c2ccccc2C52c3ccccc3-c3ccccc32)c2cccc3ccccc23)cc1. The molecule has 0 saturated carbocycles. The molecule has 2 aliphatic carbocycles. The Morgan fingerprint density at radius 3 is 1.79 bits per heavy atom. The van der Waals surface area contributed by atoms with Gasteiger partial charge in [0, 0.05) is 33.2 Å². The van der Waals surface area contributed by atoms with Crippen molar-refractivity contribution in [2.45, 2.75) is 12.3 Å². The Hall–Kier alpha value is -7.94. The second-order valence-corrected chi connectivity index (χ2v) is 16.4. The van der Waals surface area contributed by atoms with Gasteiger partial charge in [0.05, 0.1) is 22.1 Å². The minimum atomic E-state index is -0.417. The molecule has 0 unspecified atom stereocenters. The van der Waals surface area contributed by atoms with Crippen molar-refractivity contribution in [3.8, 4) is 27.9 Å². The van der Waals surface area contributed by atoms with Crippen molar-refractivity contribution in [1.29, 1.82) is 0 Å². The van der Waals surface area contributed by atoms with Crippen LogP contribution in [0.5, 0.6) is 0 Å². The lowest BCUT2D eigenvalue weighted by Gasteiger charge is -2.30. The molecule has 2 nitrogen and oxygen atoms in total. The Balaban J connectivity index is 1.14. The summed E-state index contributed by atoms with van der Waals surface area (Å²) in [5.41, 5.74) is 19.3. The molecule has 12 rings (SSSR count). The zero-order valence-corrected chi connectivity index (χ0v) is 34.5. The van der Waals surface area contributed by atoms with Gasteiger partial charge in [0.2, 0.25) is 0 Å². The van der Waals surface area contributed by atoms with Gasteiger partial charge in [-0.1, -0.05) is 176 Å². The van der Waals surface area contributed by atoms with Gasteiger partial charge in [0.1, 0.15) is 0 Å². The molecule has 0 fully saturated rings. The average molecular weight is 791 g/mol. The van der Waals surface area contributed by atoms with Crippen LogP contribution >= 0.6 is 0 Å². The highest BCUT2D eigenvalue weighted by Gasteiger charge is 2.51. The summed E-state index contributed by atoms with van der Waals surface area (Å²) in [4.78, 5) is 2.42. The van der Waals surface area contributed by atoms with Crippen molar-refractivity contribution >= 4 is 55.2 Å². The van der Waals surface area contributed by atoms with E-state index in [0.29, 0.717) is 0 Å². The van der Waals surface area contributed by atoms with Crippen LogP contribution in [0.2, 0.25) is 0 Å². The number of anilines is 3. The summed E-state index contributed by atoms with van der Waals surface area (Å²) in [7, 11) is 0. The molecule has 62 heavy (non-hydrogen) atoms. The van der Waals surface area contributed by atoms with Gasteiger partial charge in [-0.3, -0.25) is 0 Å². The van der Waals surface area contributed by atoms with E-state index in [4.69, 9.17) is 0 Å². The summed E-state index contributed by atoms with van der Waals surface area (Å²) in [5.74, 6) is 0. The Bertz CT molecular complexity index is 3440. The largest absolute Gasteiger partial charge is 0.310 e. The van der Waals surface area contributed by atoms with Gasteiger partial charge >= 0.3 is 0 Å². The van der Waals surface area contributed by atoms with Gasteiger partial charge in [-0.2, -0.15) is 0 Å². The highest BCUT2D eigenvalue weighted by molar-refractivity contribution is 6.13. The van der Waals surface area contributed by atoms with Gasteiger partial charge in [0.15, 0.2) is 0 Å². The second-order valence-electron chi connectivity index (χ2n) is 16.4. The minimum absolute atomic E-state index is 0.417. The first-order chi connectivity index (χ1) is 30.7. The third-order valence-electron chi connectivity index (χ3n) is 13.2. The lowest BCUT2D eigenvalue weighted by Crippen LogP contribution is -2.25. The van der Waals surface area contributed by atoms with E-state index in [2.05, 4.69) is 241 Å². The molecular formula is C60H42N2. The van der Waals surface area contributed by atoms with E-state index in [9.17, 15) is 0 Å². The third-order valence-corrected chi connectivity index (χ3v) is 13.2. The predicted octanol–water partition coefficient (Wildman–Crippen LogP) is 15.9. The fraction of sp³-hybridized carbons (Fsp3) is 0.0333. The number of hydrogen-bond acceptors (Lipinski definition) is 1. The Kier molecular flexibility index (Phi) is 8.17. The monoisotopic (exact) mass is 790 g/mol. The molecule has 1 heterocycles. The fourth-order valence-corrected chi connectivity index (χ4v) is 10.8. The molecule has 0 bridgehead atoms. The van der Waals surface area contributed by atoms with Gasteiger partial charge in [-0.25, -0.2) is 0 Å². The van der Waals surface area contributed by atoms with Gasteiger partial charge in [-0.05, 0) is 123 Å². The standard InChI is InChI=1S/C60H42N2/c1-3-17-40(18-4-2)41-31-33-44(34-32-41)61(57-30-16-20-42-19-8-9-23-46(42)57)45-35-36-50-52-38-56-51(39-59(52)62(58(50)37-45)43-21-6-5-7-22-43)49-26-12-15-29-55(49)60(56)53-27-13-10-24-47(53)48-25-11-14-28-54(48)60/h3-39H,1H2,2H3/b18-4-,40-17+. The Morgan fingerprint density at radius 1 is 0.500 bits per heavy atom. The highest BCUT2D eigenvalue weighted by atomic mass is 15.1. The first kappa shape index (κ1) is 36.0. The second kappa shape index (κ2) is 14.1. The van der Waals surface area contributed by atoms with Crippen molar-refractivity contribution in [3.63, 3.8) is 0 Å². The number of hydrogen-bond donors (Lipinski definition) is 0. The number of benzene rings is 9. The van der Waals surface area contributed by atoms with Crippen LogP contribution in [0.1, 0.15) is 34.7 Å². The molecule has 0 atom stereocenters. The van der Waals surface area contributed by atoms with Crippen LogP contribution in [-0.4, -0.2) is 4.57 Å². The van der Waals surface area contributed by atoms with Crippen molar-refractivity contribution in [2.75, 3.05) is 4.90 Å². The van der Waals surface area contributed by atoms with Crippen molar-refractivity contribution in [1.82, 2.24) is 4.57 Å². The van der Waals surface area contributed by atoms with E-state index in [1.165, 1.54) is 71.6 Å². The van der Waals surface area contributed by atoms with Crippen LogP contribution in [0.3, 0.4) is 0 Å². The van der Waals surface area contributed by atoms with E-state index in [1.54, 1.807) is 0 Å². The summed E-state index contributed by atoms with van der Waals surface area (Å²) in [6.07, 6.45) is 8.13. The molecule has 0 aliphatic heterocycles. The number of aromatic nitrogens is 1.